The predicted octanol–water partition coefficient (Wildman–Crippen LogP) is 3.34. The minimum absolute atomic E-state index is 0.191. The van der Waals surface area contributed by atoms with Gasteiger partial charge in [0.05, 0.1) is 5.69 Å². The van der Waals surface area contributed by atoms with Crippen molar-refractivity contribution in [3.05, 3.63) is 48.4 Å². The van der Waals surface area contributed by atoms with Gasteiger partial charge in [0.2, 0.25) is 5.91 Å². The highest BCUT2D eigenvalue weighted by molar-refractivity contribution is 5.78. The number of hydrogen-bond acceptors (Lipinski definition) is 3. The fourth-order valence-corrected chi connectivity index (χ4v) is 2.91. The minimum atomic E-state index is 0.191. The number of pyridine rings is 2. The molecular formula is C18H21N3O. The molecule has 2 aromatic rings. The second-order valence-corrected chi connectivity index (χ2v) is 5.85. The largest absolute Gasteiger partial charge is 0.352 e. The first-order valence-corrected chi connectivity index (χ1v) is 7.96. The van der Waals surface area contributed by atoms with Crippen molar-refractivity contribution in [2.24, 2.45) is 5.92 Å². The molecule has 1 N–H and O–H groups in total. The Balaban J connectivity index is 1.56. The molecule has 0 atom stereocenters. The Hall–Kier alpha value is -2.23. The van der Waals surface area contributed by atoms with E-state index in [0.717, 1.165) is 29.7 Å². The Morgan fingerprint density at radius 2 is 2.00 bits per heavy atom. The minimum Gasteiger partial charge on any atom is -0.352 e. The van der Waals surface area contributed by atoms with Crippen molar-refractivity contribution in [1.82, 2.24) is 15.3 Å². The fraction of sp³-hybridized carbons (Fsp3) is 0.389. The number of rotatable bonds is 4. The van der Waals surface area contributed by atoms with E-state index in [1.807, 2.05) is 30.5 Å². The maximum atomic E-state index is 12.1. The lowest BCUT2D eigenvalue weighted by molar-refractivity contribution is -0.126. The molecule has 2 heterocycles. The summed E-state index contributed by atoms with van der Waals surface area (Å²) < 4.78 is 0. The lowest BCUT2D eigenvalue weighted by Gasteiger charge is -2.20. The van der Waals surface area contributed by atoms with E-state index in [0.29, 0.717) is 6.54 Å². The van der Waals surface area contributed by atoms with Crippen molar-refractivity contribution >= 4 is 5.91 Å². The maximum Gasteiger partial charge on any atom is 0.223 e. The fourth-order valence-electron chi connectivity index (χ4n) is 2.91. The molecule has 1 amide bonds. The van der Waals surface area contributed by atoms with Crippen LogP contribution in [0.1, 0.15) is 37.7 Å². The average Bonchev–Trinajstić information content (AvgIpc) is 2.61. The molecule has 1 aliphatic carbocycles. The topological polar surface area (TPSA) is 54.9 Å². The first kappa shape index (κ1) is 14.7. The predicted molar refractivity (Wildman–Crippen MR) is 85.9 cm³/mol. The summed E-state index contributed by atoms with van der Waals surface area (Å²) >= 11 is 0. The Morgan fingerprint density at radius 3 is 2.68 bits per heavy atom. The molecule has 0 aromatic carbocycles. The molecule has 0 bridgehead atoms. The second-order valence-electron chi connectivity index (χ2n) is 5.85. The number of nitrogens with zero attached hydrogens (tertiary/aromatic N) is 2. The molecule has 3 rings (SSSR count). The van der Waals surface area contributed by atoms with Crippen LogP contribution in [-0.2, 0) is 11.3 Å². The van der Waals surface area contributed by atoms with Crippen LogP contribution >= 0.6 is 0 Å². The summed E-state index contributed by atoms with van der Waals surface area (Å²) in [5, 5.41) is 3.04. The van der Waals surface area contributed by atoms with Crippen LogP contribution in [-0.4, -0.2) is 15.9 Å². The van der Waals surface area contributed by atoms with Crippen LogP contribution in [0.15, 0.2) is 42.9 Å². The van der Waals surface area contributed by atoms with Crippen LogP contribution < -0.4 is 5.32 Å². The van der Waals surface area contributed by atoms with E-state index in [4.69, 9.17) is 0 Å². The van der Waals surface area contributed by atoms with Gasteiger partial charge in [0.1, 0.15) is 0 Å². The van der Waals surface area contributed by atoms with Gasteiger partial charge in [-0.25, -0.2) is 0 Å². The molecule has 1 aliphatic rings. The molecule has 0 aliphatic heterocycles. The highest BCUT2D eigenvalue weighted by atomic mass is 16.1. The van der Waals surface area contributed by atoms with Gasteiger partial charge >= 0.3 is 0 Å². The van der Waals surface area contributed by atoms with Gasteiger partial charge in [0.25, 0.3) is 0 Å². The van der Waals surface area contributed by atoms with Gasteiger partial charge in [-0.1, -0.05) is 25.3 Å². The summed E-state index contributed by atoms with van der Waals surface area (Å²) in [5.74, 6) is 0.396. The van der Waals surface area contributed by atoms with Gasteiger partial charge in [-0.2, -0.15) is 0 Å². The summed E-state index contributed by atoms with van der Waals surface area (Å²) in [7, 11) is 0. The van der Waals surface area contributed by atoms with Gasteiger partial charge in [-0.3, -0.25) is 14.8 Å². The molecule has 22 heavy (non-hydrogen) atoms. The summed E-state index contributed by atoms with van der Waals surface area (Å²) in [6, 6.07) is 7.87. The van der Waals surface area contributed by atoms with Crippen molar-refractivity contribution < 1.29 is 4.79 Å². The maximum absolute atomic E-state index is 12.1. The molecule has 0 saturated heterocycles. The third-order valence-corrected chi connectivity index (χ3v) is 4.22. The highest BCUT2D eigenvalue weighted by Crippen LogP contribution is 2.23. The zero-order valence-corrected chi connectivity index (χ0v) is 12.7. The number of carbonyl (C=O) groups is 1. The second kappa shape index (κ2) is 7.16. The van der Waals surface area contributed by atoms with E-state index < -0.39 is 0 Å². The molecule has 2 aromatic heterocycles. The molecule has 0 radical (unpaired) electrons. The van der Waals surface area contributed by atoms with Gasteiger partial charge in [0, 0.05) is 36.6 Å². The summed E-state index contributed by atoms with van der Waals surface area (Å²) in [6.07, 6.45) is 11.1. The molecule has 1 saturated carbocycles. The van der Waals surface area contributed by atoms with Crippen LogP contribution in [0.25, 0.3) is 11.3 Å². The average molecular weight is 295 g/mol. The normalized spacial score (nSPS) is 15.5. The molecule has 0 spiro atoms. The van der Waals surface area contributed by atoms with Crippen molar-refractivity contribution in [2.75, 3.05) is 0 Å². The SMILES string of the molecule is O=C(NCc1ccc(-c2cccnc2)nc1)C1CCCCC1. The van der Waals surface area contributed by atoms with Crippen LogP contribution in [0.4, 0.5) is 0 Å². The zero-order chi connectivity index (χ0) is 15.2. The van der Waals surface area contributed by atoms with Crippen molar-refractivity contribution in [2.45, 2.75) is 38.6 Å². The van der Waals surface area contributed by atoms with E-state index in [1.165, 1.54) is 19.3 Å². The monoisotopic (exact) mass is 295 g/mol. The molecule has 0 unspecified atom stereocenters. The van der Waals surface area contributed by atoms with Crippen LogP contribution in [0.3, 0.4) is 0 Å². The molecule has 4 heteroatoms. The van der Waals surface area contributed by atoms with E-state index in [2.05, 4.69) is 15.3 Å². The summed E-state index contributed by atoms with van der Waals surface area (Å²) in [5.41, 5.74) is 2.92. The summed E-state index contributed by atoms with van der Waals surface area (Å²) in [4.78, 5) is 20.7. The van der Waals surface area contributed by atoms with Gasteiger partial charge in [-0.15, -0.1) is 0 Å². The number of amides is 1. The summed E-state index contributed by atoms with van der Waals surface area (Å²) in [6.45, 7) is 0.551. The van der Waals surface area contributed by atoms with E-state index >= 15 is 0 Å². The Labute approximate surface area is 131 Å². The first-order chi connectivity index (χ1) is 10.8. The smallest absolute Gasteiger partial charge is 0.223 e. The van der Waals surface area contributed by atoms with Crippen LogP contribution in [0.5, 0.6) is 0 Å². The molecule has 1 fully saturated rings. The number of nitrogens with one attached hydrogen (secondary N) is 1. The van der Waals surface area contributed by atoms with E-state index in [-0.39, 0.29) is 11.8 Å². The third-order valence-electron chi connectivity index (χ3n) is 4.22. The lowest BCUT2D eigenvalue weighted by Crippen LogP contribution is -2.31. The van der Waals surface area contributed by atoms with Gasteiger partial charge in [0.15, 0.2) is 0 Å². The Bertz CT molecular complexity index is 604. The van der Waals surface area contributed by atoms with E-state index in [9.17, 15) is 4.79 Å². The first-order valence-electron chi connectivity index (χ1n) is 7.96. The van der Waals surface area contributed by atoms with Crippen LogP contribution in [0, 0.1) is 5.92 Å². The van der Waals surface area contributed by atoms with Crippen molar-refractivity contribution in [3.63, 3.8) is 0 Å². The molecular weight excluding hydrogens is 274 g/mol. The standard InChI is InChI=1S/C18H21N3O/c22-18(15-5-2-1-3-6-15)21-12-14-8-9-17(20-11-14)16-7-4-10-19-13-16/h4,7-11,13,15H,1-3,5-6,12H2,(H,21,22). The number of hydrogen-bond donors (Lipinski definition) is 1. The van der Waals surface area contributed by atoms with Crippen molar-refractivity contribution in [1.29, 1.82) is 0 Å². The van der Waals surface area contributed by atoms with Crippen molar-refractivity contribution in [3.8, 4) is 11.3 Å². The molecule has 114 valence electrons. The zero-order valence-electron chi connectivity index (χ0n) is 12.7. The lowest BCUT2D eigenvalue weighted by atomic mass is 9.88. The Kier molecular flexibility index (Phi) is 4.78. The van der Waals surface area contributed by atoms with Gasteiger partial charge in [-0.05, 0) is 36.6 Å². The third kappa shape index (κ3) is 3.70. The number of aromatic nitrogens is 2. The van der Waals surface area contributed by atoms with E-state index in [1.54, 1.807) is 12.4 Å². The quantitative estimate of drug-likeness (QED) is 0.941. The van der Waals surface area contributed by atoms with Gasteiger partial charge < -0.3 is 5.32 Å². The highest BCUT2D eigenvalue weighted by Gasteiger charge is 2.20. The van der Waals surface area contributed by atoms with Crippen LogP contribution in [0.2, 0.25) is 0 Å². The Morgan fingerprint density at radius 1 is 1.14 bits per heavy atom. The number of carbonyl (C=O) groups excluding carboxylic acids is 1. The molecule has 4 nitrogen and oxygen atoms in total.